The van der Waals surface area contributed by atoms with E-state index in [4.69, 9.17) is 15.2 Å². The summed E-state index contributed by atoms with van der Waals surface area (Å²) in [6.07, 6.45) is 0. The molecule has 0 saturated carbocycles. The molecule has 18 heavy (non-hydrogen) atoms. The van der Waals surface area contributed by atoms with Crippen LogP contribution in [-0.4, -0.2) is 24.2 Å². The third-order valence-corrected chi connectivity index (χ3v) is 2.38. The summed E-state index contributed by atoms with van der Waals surface area (Å²) < 4.78 is 23.4. The van der Waals surface area contributed by atoms with Gasteiger partial charge in [0.15, 0.2) is 11.6 Å². The molecule has 2 aromatic rings. The summed E-state index contributed by atoms with van der Waals surface area (Å²) in [5, 5.41) is 0. The van der Waals surface area contributed by atoms with Crippen molar-refractivity contribution in [3.8, 4) is 22.9 Å². The molecule has 0 aliphatic carbocycles. The Morgan fingerprint density at radius 1 is 1.11 bits per heavy atom. The van der Waals surface area contributed by atoms with Crippen LogP contribution in [0.1, 0.15) is 0 Å². The predicted molar refractivity (Wildman–Crippen MR) is 64.9 cm³/mol. The SMILES string of the molecule is COc1cc(-c2ccc(OC)c(F)c2)nc(N)n1. The minimum atomic E-state index is -0.467. The van der Waals surface area contributed by atoms with Crippen LogP contribution in [0.15, 0.2) is 24.3 Å². The van der Waals surface area contributed by atoms with Crippen LogP contribution in [0.25, 0.3) is 11.3 Å². The lowest BCUT2D eigenvalue weighted by Crippen LogP contribution is -1.99. The van der Waals surface area contributed by atoms with Crippen LogP contribution in [0, 0.1) is 5.82 Å². The zero-order chi connectivity index (χ0) is 13.1. The molecule has 1 aromatic heterocycles. The number of hydrogen-bond acceptors (Lipinski definition) is 5. The van der Waals surface area contributed by atoms with Gasteiger partial charge in [-0.2, -0.15) is 4.98 Å². The Morgan fingerprint density at radius 3 is 2.50 bits per heavy atom. The van der Waals surface area contributed by atoms with Crippen LogP contribution in [0.5, 0.6) is 11.6 Å². The molecule has 1 heterocycles. The van der Waals surface area contributed by atoms with Crippen LogP contribution in [0.2, 0.25) is 0 Å². The second-order valence-electron chi connectivity index (χ2n) is 3.50. The zero-order valence-corrected chi connectivity index (χ0v) is 9.98. The van der Waals surface area contributed by atoms with Gasteiger partial charge in [-0.15, -0.1) is 0 Å². The molecule has 1 aromatic carbocycles. The molecule has 2 N–H and O–H groups in total. The lowest BCUT2D eigenvalue weighted by Gasteiger charge is -2.07. The molecule has 0 aliphatic rings. The highest BCUT2D eigenvalue weighted by molar-refractivity contribution is 5.62. The van der Waals surface area contributed by atoms with Gasteiger partial charge in [-0.25, -0.2) is 9.37 Å². The molecule has 0 aliphatic heterocycles. The lowest BCUT2D eigenvalue weighted by molar-refractivity contribution is 0.386. The minimum Gasteiger partial charge on any atom is -0.494 e. The maximum absolute atomic E-state index is 13.6. The Hall–Kier alpha value is -2.37. The van der Waals surface area contributed by atoms with Crippen molar-refractivity contribution in [1.29, 1.82) is 0 Å². The van der Waals surface area contributed by atoms with Crippen molar-refractivity contribution in [2.75, 3.05) is 20.0 Å². The van der Waals surface area contributed by atoms with Crippen molar-refractivity contribution in [2.45, 2.75) is 0 Å². The van der Waals surface area contributed by atoms with Crippen LogP contribution in [0.3, 0.4) is 0 Å². The molecule has 0 atom stereocenters. The van der Waals surface area contributed by atoms with E-state index in [2.05, 4.69) is 9.97 Å². The van der Waals surface area contributed by atoms with Crippen molar-refractivity contribution in [1.82, 2.24) is 9.97 Å². The molecule has 0 radical (unpaired) electrons. The number of methoxy groups -OCH3 is 2. The minimum absolute atomic E-state index is 0.0700. The van der Waals surface area contributed by atoms with Crippen LogP contribution in [-0.2, 0) is 0 Å². The van der Waals surface area contributed by atoms with E-state index in [0.29, 0.717) is 17.1 Å². The van der Waals surface area contributed by atoms with E-state index in [9.17, 15) is 4.39 Å². The quantitative estimate of drug-likeness (QED) is 0.899. The van der Waals surface area contributed by atoms with Gasteiger partial charge in [-0.1, -0.05) is 0 Å². The molecular weight excluding hydrogens is 237 g/mol. The van der Waals surface area contributed by atoms with Gasteiger partial charge in [0.25, 0.3) is 0 Å². The van der Waals surface area contributed by atoms with Gasteiger partial charge < -0.3 is 15.2 Å². The molecule has 0 bridgehead atoms. The van der Waals surface area contributed by atoms with E-state index in [1.165, 1.54) is 26.4 Å². The zero-order valence-electron chi connectivity index (χ0n) is 9.98. The molecule has 2 rings (SSSR count). The second kappa shape index (κ2) is 4.87. The number of ether oxygens (including phenoxy) is 2. The molecule has 0 spiro atoms. The van der Waals surface area contributed by atoms with Gasteiger partial charge in [-0.3, -0.25) is 0 Å². The summed E-state index contributed by atoms with van der Waals surface area (Å²) in [6.45, 7) is 0. The Bertz CT molecular complexity index is 575. The predicted octanol–water partition coefficient (Wildman–Crippen LogP) is 1.88. The number of halogens is 1. The maximum atomic E-state index is 13.6. The van der Waals surface area contributed by atoms with Crippen molar-refractivity contribution in [3.05, 3.63) is 30.1 Å². The van der Waals surface area contributed by atoms with E-state index in [-0.39, 0.29) is 11.7 Å². The lowest BCUT2D eigenvalue weighted by atomic mass is 10.1. The van der Waals surface area contributed by atoms with Crippen molar-refractivity contribution in [3.63, 3.8) is 0 Å². The number of aromatic nitrogens is 2. The maximum Gasteiger partial charge on any atom is 0.223 e. The standard InChI is InChI=1S/C12H12FN3O2/c1-17-10-4-3-7(5-8(10)13)9-6-11(18-2)16-12(14)15-9/h3-6H,1-2H3,(H2,14,15,16). The monoisotopic (exact) mass is 249 g/mol. The van der Waals surface area contributed by atoms with Gasteiger partial charge in [0.2, 0.25) is 11.8 Å². The number of nitrogens with two attached hydrogens (primary N) is 1. The number of hydrogen-bond donors (Lipinski definition) is 1. The Morgan fingerprint density at radius 2 is 1.89 bits per heavy atom. The molecule has 0 fully saturated rings. The number of anilines is 1. The number of rotatable bonds is 3. The molecular formula is C12H12FN3O2. The molecule has 0 unspecified atom stereocenters. The molecule has 0 saturated heterocycles. The first-order valence-corrected chi connectivity index (χ1v) is 5.16. The Kier molecular flexibility index (Phi) is 3.27. The topological polar surface area (TPSA) is 70.3 Å². The summed E-state index contributed by atoms with van der Waals surface area (Å²) in [5.74, 6) is 0.105. The van der Waals surface area contributed by atoms with Crippen molar-refractivity contribution in [2.24, 2.45) is 0 Å². The summed E-state index contributed by atoms with van der Waals surface area (Å²) >= 11 is 0. The third kappa shape index (κ3) is 2.32. The first-order chi connectivity index (χ1) is 8.63. The van der Waals surface area contributed by atoms with Gasteiger partial charge in [0.1, 0.15) is 0 Å². The molecule has 6 heteroatoms. The van der Waals surface area contributed by atoms with Crippen molar-refractivity contribution >= 4 is 5.95 Å². The number of benzene rings is 1. The van der Waals surface area contributed by atoms with Crippen LogP contribution >= 0.6 is 0 Å². The second-order valence-corrected chi connectivity index (χ2v) is 3.50. The molecule has 5 nitrogen and oxygen atoms in total. The average molecular weight is 249 g/mol. The first kappa shape index (κ1) is 12.1. The van der Waals surface area contributed by atoms with Gasteiger partial charge in [0, 0.05) is 11.6 Å². The highest BCUT2D eigenvalue weighted by atomic mass is 19.1. The summed E-state index contributed by atoms with van der Waals surface area (Å²) in [7, 11) is 2.88. The van der Waals surface area contributed by atoms with E-state index in [1.54, 1.807) is 12.1 Å². The van der Waals surface area contributed by atoms with E-state index in [0.717, 1.165) is 0 Å². The smallest absolute Gasteiger partial charge is 0.223 e. The molecule has 94 valence electrons. The third-order valence-electron chi connectivity index (χ3n) is 2.38. The van der Waals surface area contributed by atoms with Gasteiger partial charge in [-0.05, 0) is 18.2 Å². The summed E-state index contributed by atoms with van der Waals surface area (Å²) in [4.78, 5) is 7.89. The average Bonchev–Trinajstić information content (AvgIpc) is 2.37. The van der Waals surface area contributed by atoms with Crippen molar-refractivity contribution < 1.29 is 13.9 Å². The fourth-order valence-electron chi connectivity index (χ4n) is 1.52. The highest BCUT2D eigenvalue weighted by Gasteiger charge is 2.09. The number of nitrogens with zero attached hydrogens (tertiary/aromatic N) is 2. The van der Waals surface area contributed by atoms with Crippen LogP contribution < -0.4 is 15.2 Å². The highest BCUT2D eigenvalue weighted by Crippen LogP contribution is 2.26. The fraction of sp³-hybridized carbons (Fsp3) is 0.167. The fourth-order valence-corrected chi connectivity index (χ4v) is 1.52. The summed E-state index contributed by atoms with van der Waals surface area (Å²) in [5.41, 5.74) is 6.60. The van der Waals surface area contributed by atoms with E-state index in [1.807, 2.05) is 0 Å². The van der Waals surface area contributed by atoms with Gasteiger partial charge >= 0.3 is 0 Å². The Balaban J connectivity index is 2.48. The largest absolute Gasteiger partial charge is 0.494 e. The van der Waals surface area contributed by atoms with Gasteiger partial charge in [0.05, 0.1) is 19.9 Å². The van der Waals surface area contributed by atoms with Crippen LogP contribution in [0.4, 0.5) is 10.3 Å². The van der Waals surface area contributed by atoms with E-state index < -0.39 is 5.82 Å². The normalized spacial score (nSPS) is 10.2. The first-order valence-electron chi connectivity index (χ1n) is 5.16. The number of nitrogen functional groups attached to an aromatic ring is 1. The summed E-state index contributed by atoms with van der Waals surface area (Å²) in [6, 6.07) is 6.11. The van der Waals surface area contributed by atoms with E-state index >= 15 is 0 Å². The Labute approximate surface area is 103 Å². The molecule has 0 amide bonds.